The Kier molecular flexibility index (Phi) is 5.97. The van der Waals surface area contributed by atoms with E-state index in [-0.39, 0.29) is 5.91 Å². The molecule has 4 nitrogen and oxygen atoms in total. The normalized spacial score (nSPS) is 15.3. The number of hydrogen-bond acceptors (Lipinski definition) is 5. The molecular weight excluding hydrogens is 390 g/mol. The molecule has 2 aromatic rings. The fourth-order valence-corrected chi connectivity index (χ4v) is 6.37. The molecule has 6 heteroatoms. The predicted octanol–water partition coefficient (Wildman–Crippen LogP) is 4.59. The average molecular weight is 416 g/mol. The minimum Gasteiger partial charge on any atom is -0.493 e. The molecule has 1 amide bonds. The molecule has 1 aliphatic heterocycles. The Labute approximate surface area is 174 Å². The smallest absolute Gasteiger partial charge is 0.257 e. The van der Waals surface area contributed by atoms with E-state index < -0.39 is 0 Å². The highest BCUT2D eigenvalue weighted by molar-refractivity contribution is 8.03. The molecule has 0 saturated heterocycles. The van der Waals surface area contributed by atoms with E-state index in [4.69, 9.17) is 9.47 Å². The van der Waals surface area contributed by atoms with Gasteiger partial charge >= 0.3 is 0 Å². The highest BCUT2D eigenvalue weighted by atomic mass is 32.2. The van der Waals surface area contributed by atoms with Crippen LogP contribution in [0.3, 0.4) is 0 Å². The molecule has 0 radical (unpaired) electrons. The fourth-order valence-electron chi connectivity index (χ4n) is 3.81. The number of carbonyl (C=O) groups excluding carboxylic acids is 1. The van der Waals surface area contributed by atoms with Crippen molar-refractivity contribution in [2.75, 3.05) is 20.8 Å². The van der Waals surface area contributed by atoms with Gasteiger partial charge in [0.15, 0.2) is 11.5 Å². The van der Waals surface area contributed by atoms with Crippen LogP contribution in [0.5, 0.6) is 11.5 Å². The van der Waals surface area contributed by atoms with Gasteiger partial charge in [-0.05, 0) is 67.0 Å². The van der Waals surface area contributed by atoms with Crippen molar-refractivity contribution in [1.82, 2.24) is 5.32 Å². The van der Waals surface area contributed by atoms with E-state index in [9.17, 15) is 4.79 Å². The topological polar surface area (TPSA) is 47.6 Å². The summed E-state index contributed by atoms with van der Waals surface area (Å²) in [5, 5.41) is 3.06. The van der Waals surface area contributed by atoms with Crippen LogP contribution in [0.25, 0.3) is 6.08 Å². The van der Waals surface area contributed by atoms with Gasteiger partial charge in [0.05, 0.1) is 19.1 Å². The largest absolute Gasteiger partial charge is 0.493 e. The van der Waals surface area contributed by atoms with Crippen molar-refractivity contribution in [3.05, 3.63) is 49.5 Å². The summed E-state index contributed by atoms with van der Waals surface area (Å²) >= 11 is 3.56. The van der Waals surface area contributed by atoms with Gasteiger partial charge in [-0.1, -0.05) is 6.07 Å². The van der Waals surface area contributed by atoms with Gasteiger partial charge in [0, 0.05) is 22.1 Å². The molecule has 0 fully saturated rings. The van der Waals surface area contributed by atoms with Crippen molar-refractivity contribution in [2.24, 2.45) is 0 Å². The number of fused-ring (bicyclic) bond motifs is 3. The summed E-state index contributed by atoms with van der Waals surface area (Å²) in [6.45, 7) is 0.597. The number of ether oxygens (including phenoxy) is 2. The van der Waals surface area contributed by atoms with Crippen LogP contribution in [0.15, 0.2) is 23.1 Å². The van der Waals surface area contributed by atoms with E-state index in [0.717, 1.165) is 22.6 Å². The van der Waals surface area contributed by atoms with Crippen molar-refractivity contribution < 1.29 is 14.3 Å². The summed E-state index contributed by atoms with van der Waals surface area (Å²) in [6.07, 6.45) is 7.86. The SMILES string of the molecule is COc1ccc(CCNC(=O)C2=Cc3sc4c(c3CS2)CCCC4)cc1OC. The van der Waals surface area contributed by atoms with Gasteiger partial charge < -0.3 is 14.8 Å². The number of thioether (sulfide) groups is 1. The second-order valence-corrected chi connectivity index (χ2v) is 9.20. The molecule has 28 heavy (non-hydrogen) atoms. The van der Waals surface area contributed by atoms with Gasteiger partial charge in [-0.3, -0.25) is 4.79 Å². The van der Waals surface area contributed by atoms with Crippen LogP contribution in [0, 0.1) is 0 Å². The van der Waals surface area contributed by atoms with Gasteiger partial charge in [-0.15, -0.1) is 23.1 Å². The maximum Gasteiger partial charge on any atom is 0.257 e. The molecule has 0 atom stereocenters. The first-order valence-electron chi connectivity index (χ1n) is 9.66. The third-order valence-corrected chi connectivity index (χ3v) is 7.65. The second-order valence-electron chi connectivity index (χ2n) is 7.05. The average Bonchev–Trinajstić information content (AvgIpc) is 3.11. The summed E-state index contributed by atoms with van der Waals surface area (Å²) in [6, 6.07) is 5.86. The minimum absolute atomic E-state index is 0.0301. The molecule has 1 aliphatic carbocycles. The zero-order chi connectivity index (χ0) is 19.5. The number of nitrogens with one attached hydrogen (secondary N) is 1. The molecule has 0 spiro atoms. The van der Waals surface area contributed by atoms with E-state index in [0.29, 0.717) is 18.0 Å². The molecule has 0 saturated carbocycles. The zero-order valence-corrected chi connectivity index (χ0v) is 17.9. The molecule has 148 valence electrons. The lowest BCUT2D eigenvalue weighted by Gasteiger charge is -2.16. The van der Waals surface area contributed by atoms with Crippen molar-refractivity contribution >= 4 is 35.1 Å². The van der Waals surface area contributed by atoms with Crippen LogP contribution in [0.2, 0.25) is 0 Å². The first kappa shape index (κ1) is 19.4. The van der Waals surface area contributed by atoms with Gasteiger partial charge in [-0.2, -0.15) is 0 Å². The monoisotopic (exact) mass is 415 g/mol. The number of hydrogen-bond donors (Lipinski definition) is 1. The van der Waals surface area contributed by atoms with E-state index in [1.807, 2.05) is 29.5 Å². The van der Waals surface area contributed by atoms with E-state index in [2.05, 4.69) is 11.4 Å². The van der Waals surface area contributed by atoms with Crippen LogP contribution in [-0.4, -0.2) is 26.7 Å². The molecule has 1 aromatic heterocycles. The van der Waals surface area contributed by atoms with Crippen LogP contribution in [-0.2, 0) is 29.8 Å². The van der Waals surface area contributed by atoms with Crippen molar-refractivity contribution in [2.45, 2.75) is 37.9 Å². The Morgan fingerprint density at radius 1 is 1.11 bits per heavy atom. The lowest BCUT2D eigenvalue weighted by atomic mass is 9.95. The summed E-state index contributed by atoms with van der Waals surface area (Å²) in [5.74, 6) is 2.39. The van der Waals surface area contributed by atoms with Gasteiger partial charge in [0.25, 0.3) is 5.91 Å². The fraction of sp³-hybridized carbons (Fsp3) is 0.409. The number of carbonyl (C=O) groups is 1. The molecule has 1 aromatic carbocycles. The highest BCUT2D eigenvalue weighted by Gasteiger charge is 2.24. The van der Waals surface area contributed by atoms with Crippen molar-refractivity contribution in [3.63, 3.8) is 0 Å². The molecular formula is C22H25NO3S2. The Hall–Kier alpha value is -1.92. The van der Waals surface area contributed by atoms with E-state index in [1.54, 1.807) is 36.4 Å². The Bertz CT molecular complexity index is 917. The third-order valence-electron chi connectivity index (χ3n) is 5.32. The number of methoxy groups -OCH3 is 2. The summed E-state index contributed by atoms with van der Waals surface area (Å²) < 4.78 is 10.6. The summed E-state index contributed by atoms with van der Waals surface area (Å²) in [4.78, 5) is 16.3. The summed E-state index contributed by atoms with van der Waals surface area (Å²) in [7, 11) is 3.26. The van der Waals surface area contributed by atoms with Crippen molar-refractivity contribution in [1.29, 1.82) is 0 Å². The summed E-state index contributed by atoms with van der Waals surface area (Å²) in [5.41, 5.74) is 4.16. The molecule has 4 rings (SSSR count). The number of thiophene rings is 1. The van der Waals surface area contributed by atoms with Gasteiger partial charge in [-0.25, -0.2) is 0 Å². The highest BCUT2D eigenvalue weighted by Crippen LogP contribution is 2.42. The van der Waals surface area contributed by atoms with Gasteiger partial charge in [0.2, 0.25) is 0 Å². The Morgan fingerprint density at radius 3 is 2.75 bits per heavy atom. The Balaban J connectivity index is 1.37. The van der Waals surface area contributed by atoms with E-state index >= 15 is 0 Å². The molecule has 1 N–H and O–H groups in total. The Morgan fingerprint density at radius 2 is 1.93 bits per heavy atom. The van der Waals surface area contributed by atoms with Crippen LogP contribution in [0.4, 0.5) is 0 Å². The van der Waals surface area contributed by atoms with Crippen molar-refractivity contribution in [3.8, 4) is 11.5 Å². The number of benzene rings is 1. The van der Waals surface area contributed by atoms with Crippen LogP contribution < -0.4 is 14.8 Å². The molecule has 2 aliphatic rings. The standard InChI is InChI=1S/C22H25NO3S2/c1-25-17-8-7-14(11-18(17)26-2)9-10-23-22(24)21-12-20-16(13-27-21)15-5-3-4-6-19(15)28-20/h7-8,11-12H,3-6,9-10,13H2,1-2H3,(H,23,24). The quantitative estimate of drug-likeness (QED) is 0.750. The number of aryl methyl sites for hydroxylation is 1. The lowest BCUT2D eigenvalue weighted by Crippen LogP contribution is -2.26. The number of amides is 1. The van der Waals surface area contributed by atoms with Crippen LogP contribution >= 0.6 is 23.1 Å². The van der Waals surface area contributed by atoms with Crippen LogP contribution in [0.1, 0.15) is 39.3 Å². The predicted molar refractivity (Wildman–Crippen MR) is 116 cm³/mol. The first-order valence-corrected chi connectivity index (χ1v) is 11.5. The maximum absolute atomic E-state index is 12.6. The zero-order valence-electron chi connectivity index (χ0n) is 16.3. The first-order chi connectivity index (χ1) is 13.7. The van der Waals surface area contributed by atoms with Gasteiger partial charge in [0.1, 0.15) is 0 Å². The molecule has 0 bridgehead atoms. The second kappa shape index (κ2) is 8.62. The lowest BCUT2D eigenvalue weighted by molar-refractivity contribution is -0.116. The van der Waals surface area contributed by atoms with E-state index in [1.165, 1.54) is 36.1 Å². The number of rotatable bonds is 6. The molecule has 2 heterocycles. The minimum atomic E-state index is 0.0301. The maximum atomic E-state index is 12.6. The molecule has 0 unspecified atom stereocenters. The third kappa shape index (κ3) is 3.94.